The summed E-state index contributed by atoms with van der Waals surface area (Å²) in [4.78, 5) is 24.4. The van der Waals surface area contributed by atoms with Crippen LogP contribution in [0, 0.1) is 0 Å². The third kappa shape index (κ3) is 7.11. The molecule has 0 atom stereocenters. The van der Waals surface area contributed by atoms with Crippen LogP contribution in [0.15, 0.2) is 64.2 Å². The number of amides is 2. The fraction of sp³-hybridized carbons (Fsp3) is 0.0870. The van der Waals surface area contributed by atoms with Crippen molar-refractivity contribution in [3.8, 4) is 11.5 Å². The molecule has 3 aromatic rings. The Bertz CT molecular complexity index is 1240. The summed E-state index contributed by atoms with van der Waals surface area (Å²) in [6, 6.07) is 14.5. The number of anilines is 1. The number of nitrogens with one attached hydrogen (secondary N) is 2. The van der Waals surface area contributed by atoms with Gasteiger partial charge in [-0.1, -0.05) is 34.8 Å². The molecule has 0 spiro atoms. The molecule has 176 valence electrons. The molecule has 0 unspecified atom stereocenters. The Morgan fingerprint density at radius 1 is 1.03 bits per heavy atom. The van der Waals surface area contributed by atoms with Gasteiger partial charge in [-0.05, 0) is 76.1 Å². The molecule has 0 saturated heterocycles. The molecule has 0 aliphatic heterocycles. The number of hydrogen-bond acceptors (Lipinski definition) is 5. The lowest BCUT2D eigenvalue weighted by molar-refractivity contribution is -0.118. The lowest BCUT2D eigenvalue weighted by Gasteiger charge is -2.13. The van der Waals surface area contributed by atoms with Crippen molar-refractivity contribution in [1.82, 2.24) is 5.43 Å². The molecular weight excluding hydrogens is 569 g/mol. The maximum absolute atomic E-state index is 12.3. The second-order valence-corrected chi connectivity index (χ2v) is 8.81. The highest BCUT2D eigenvalue weighted by atomic mass is 79.9. The smallest absolute Gasteiger partial charge is 0.271 e. The van der Waals surface area contributed by atoms with E-state index < -0.39 is 5.91 Å². The topological polar surface area (TPSA) is 89.0 Å². The molecule has 0 heterocycles. The minimum absolute atomic E-state index is 0.278. The summed E-state index contributed by atoms with van der Waals surface area (Å²) in [5.74, 6) is -0.0916. The van der Waals surface area contributed by atoms with Crippen molar-refractivity contribution in [2.45, 2.75) is 0 Å². The van der Waals surface area contributed by atoms with Crippen molar-refractivity contribution in [2.75, 3.05) is 19.0 Å². The number of carbonyl (C=O) groups excluding carboxylic acids is 2. The van der Waals surface area contributed by atoms with E-state index in [0.717, 1.165) is 0 Å². The summed E-state index contributed by atoms with van der Waals surface area (Å²) < 4.78 is 11.5. The van der Waals surface area contributed by atoms with Gasteiger partial charge in [0.05, 0.1) is 27.8 Å². The highest BCUT2D eigenvalue weighted by Gasteiger charge is 2.14. The van der Waals surface area contributed by atoms with Gasteiger partial charge in [0.1, 0.15) is 0 Å². The first-order chi connectivity index (χ1) is 16.3. The monoisotopic (exact) mass is 583 g/mol. The normalized spacial score (nSPS) is 10.7. The van der Waals surface area contributed by atoms with E-state index in [-0.39, 0.29) is 12.5 Å². The average molecular weight is 586 g/mol. The van der Waals surface area contributed by atoms with E-state index >= 15 is 0 Å². The summed E-state index contributed by atoms with van der Waals surface area (Å²) in [5, 5.41) is 7.88. The number of rotatable bonds is 8. The Balaban J connectivity index is 1.62. The van der Waals surface area contributed by atoms with Gasteiger partial charge in [0.2, 0.25) is 0 Å². The van der Waals surface area contributed by atoms with E-state index in [1.165, 1.54) is 19.4 Å². The molecule has 2 N–H and O–H groups in total. The molecule has 0 saturated carbocycles. The molecule has 0 aliphatic carbocycles. The summed E-state index contributed by atoms with van der Waals surface area (Å²) in [6.07, 6.45) is 1.45. The number of ether oxygens (including phenoxy) is 2. The molecule has 34 heavy (non-hydrogen) atoms. The van der Waals surface area contributed by atoms with Gasteiger partial charge in [0, 0.05) is 16.3 Å². The van der Waals surface area contributed by atoms with Gasteiger partial charge in [-0.15, -0.1) is 0 Å². The molecule has 0 aromatic heterocycles. The summed E-state index contributed by atoms with van der Waals surface area (Å²) in [5.41, 5.74) is 3.96. The third-order valence-corrected chi connectivity index (χ3v) is 5.87. The predicted octanol–water partition coefficient (Wildman–Crippen LogP) is 6.20. The average Bonchev–Trinajstić information content (AvgIpc) is 2.80. The Labute approximate surface area is 219 Å². The molecule has 0 bridgehead atoms. The van der Waals surface area contributed by atoms with Crippen molar-refractivity contribution in [2.24, 2.45) is 5.10 Å². The number of nitrogens with zero attached hydrogens (tertiary/aromatic N) is 1. The zero-order chi connectivity index (χ0) is 24.7. The minimum Gasteiger partial charge on any atom is -0.493 e. The Hall–Kier alpha value is -2.78. The van der Waals surface area contributed by atoms with Crippen molar-refractivity contribution in [3.63, 3.8) is 0 Å². The van der Waals surface area contributed by atoms with Gasteiger partial charge < -0.3 is 14.8 Å². The van der Waals surface area contributed by atoms with E-state index in [1.807, 2.05) is 0 Å². The molecule has 0 fully saturated rings. The van der Waals surface area contributed by atoms with E-state index in [0.29, 0.717) is 47.9 Å². The van der Waals surface area contributed by atoms with Crippen LogP contribution in [0.1, 0.15) is 15.9 Å². The lowest BCUT2D eigenvalue weighted by Crippen LogP contribution is -2.20. The van der Waals surface area contributed by atoms with Crippen LogP contribution in [-0.4, -0.2) is 31.7 Å². The van der Waals surface area contributed by atoms with Crippen LogP contribution >= 0.6 is 50.7 Å². The first-order valence-electron chi connectivity index (χ1n) is 9.61. The van der Waals surface area contributed by atoms with E-state index in [9.17, 15) is 9.59 Å². The van der Waals surface area contributed by atoms with Crippen LogP contribution in [-0.2, 0) is 4.79 Å². The van der Waals surface area contributed by atoms with E-state index in [2.05, 4.69) is 31.8 Å². The van der Waals surface area contributed by atoms with Crippen LogP contribution in [0.25, 0.3) is 0 Å². The van der Waals surface area contributed by atoms with Gasteiger partial charge in [-0.2, -0.15) is 5.10 Å². The SMILES string of the molecule is COc1cc(/C=N/NC(=O)c2ccc(Cl)cc2)cc(Br)c1OCC(=O)Nc1ccc(Cl)c(Cl)c1. The molecule has 2 amide bonds. The van der Waals surface area contributed by atoms with Gasteiger partial charge in [-0.25, -0.2) is 5.43 Å². The number of hydrogen-bond donors (Lipinski definition) is 2. The number of hydrazone groups is 1. The quantitative estimate of drug-likeness (QED) is 0.243. The second-order valence-electron chi connectivity index (χ2n) is 6.71. The molecule has 7 nitrogen and oxygen atoms in total. The first-order valence-corrected chi connectivity index (χ1v) is 11.5. The van der Waals surface area contributed by atoms with Gasteiger partial charge in [-0.3, -0.25) is 9.59 Å². The third-order valence-electron chi connectivity index (χ3n) is 4.29. The number of methoxy groups -OCH3 is 1. The molecular formula is C23H17BrCl3N3O4. The van der Waals surface area contributed by atoms with Crippen molar-refractivity contribution < 1.29 is 19.1 Å². The largest absolute Gasteiger partial charge is 0.493 e. The van der Waals surface area contributed by atoms with Gasteiger partial charge in [0.25, 0.3) is 11.8 Å². The highest BCUT2D eigenvalue weighted by Crippen LogP contribution is 2.36. The standard InChI is InChI=1S/C23H17BrCl3N3O4/c1-33-20-9-13(11-28-30-23(32)14-2-4-15(25)5-3-14)8-17(24)22(20)34-12-21(31)29-16-6-7-18(26)19(27)10-16/h2-11H,12H2,1H3,(H,29,31)(H,30,32)/b28-11+. The second kappa shape index (κ2) is 12.1. The maximum Gasteiger partial charge on any atom is 0.271 e. The summed E-state index contributed by atoms with van der Waals surface area (Å²) in [6.45, 7) is -0.278. The van der Waals surface area contributed by atoms with Crippen LogP contribution in [0.3, 0.4) is 0 Å². The van der Waals surface area contributed by atoms with Gasteiger partial charge >= 0.3 is 0 Å². The number of benzene rings is 3. The molecule has 3 rings (SSSR count). The van der Waals surface area contributed by atoms with Crippen molar-refractivity contribution >= 4 is 74.4 Å². The van der Waals surface area contributed by atoms with Crippen molar-refractivity contribution in [1.29, 1.82) is 0 Å². The lowest BCUT2D eigenvalue weighted by atomic mass is 10.2. The van der Waals surface area contributed by atoms with Crippen LogP contribution in [0.4, 0.5) is 5.69 Å². The summed E-state index contributed by atoms with van der Waals surface area (Å²) in [7, 11) is 1.47. The van der Waals surface area contributed by atoms with E-state index in [4.69, 9.17) is 44.3 Å². The number of carbonyl (C=O) groups is 2. The fourth-order valence-corrected chi connectivity index (χ4v) is 3.69. The van der Waals surface area contributed by atoms with Gasteiger partial charge in [0.15, 0.2) is 18.1 Å². The number of halogens is 4. The predicted molar refractivity (Wildman–Crippen MR) is 138 cm³/mol. The molecule has 0 aliphatic rings. The molecule has 0 radical (unpaired) electrons. The molecule has 11 heteroatoms. The summed E-state index contributed by atoms with van der Waals surface area (Å²) >= 11 is 21.1. The van der Waals surface area contributed by atoms with Crippen LogP contribution < -0.4 is 20.2 Å². The zero-order valence-electron chi connectivity index (χ0n) is 17.6. The minimum atomic E-state index is -0.400. The Kier molecular flexibility index (Phi) is 9.18. The Morgan fingerprint density at radius 3 is 2.44 bits per heavy atom. The fourth-order valence-electron chi connectivity index (χ4n) is 2.69. The van der Waals surface area contributed by atoms with Crippen molar-refractivity contribution in [3.05, 3.63) is 85.3 Å². The van der Waals surface area contributed by atoms with Crippen LogP contribution in [0.5, 0.6) is 11.5 Å². The first kappa shape index (κ1) is 25.8. The molecule has 3 aromatic carbocycles. The zero-order valence-corrected chi connectivity index (χ0v) is 21.4. The van der Waals surface area contributed by atoms with E-state index in [1.54, 1.807) is 48.5 Å². The Morgan fingerprint density at radius 2 is 1.76 bits per heavy atom. The van der Waals surface area contributed by atoms with Crippen LogP contribution in [0.2, 0.25) is 15.1 Å². The maximum atomic E-state index is 12.3. The highest BCUT2D eigenvalue weighted by molar-refractivity contribution is 9.10.